The Morgan fingerprint density at radius 1 is 1.57 bits per heavy atom. The zero-order chi connectivity index (χ0) is 10.2. The Morgan fingerprint density at radius 3 is 2.64 bits per heavy atom. The van der Waals surface area contributed by atoms with Crippen LogP contribution in [0.3, 0.4) is 0 Å². The highest BCUT2D eigenvalue weighted by atomic mass is 32.2. The van der Waals surface area contributed by atoms with Gasteiger partial charge in [-0.25, -0.2) is 4.79 Å². The van der Waals surface area contributed by atoms with Crippen LogP contribution in [0.4, 0.5) is 0 Å². The van der Waals surface area contributed by atoms with Gasteiger partial charge in [0.2, 0.25) is 6.41 Å². The summed E-state index contributed by atoms with van der Waals surface area (Å²) in [5.41, 5.74) is -0.909. The van der Waals surface area contributed by atoms with Gasteiger partial charge < -0.3 is 10.0 Å². The molecule has 1 aliphatic carbocycles. The Balaban J connectivity index is 2.23. The highest BCUT2D eigenvalue weighted by Crippen LogP contribution is 2.39. The van der Waals surface area contributed by atoms with Crippen molar-refractivity contribution < 1.29 is 14.7 Å². The maximum Gasteiger partial charge on any atom is 0.330 e. The molecule has 0 bridgehead atoms. The van der Waals surface area contributed by atoms with Crippen molar-refractivity contribution in [1.82, 2.24) is 4.90 Å². The monoisotopic (exact) mass is 215 g/mol. The van der Waals surface area contributed by atoms with Gasteiger partial charge in [0.1, 0.15) is 5.54 Å². The minimum absolute atomic E-state index is 0.183. The number of rotatable bonds is 4. The lowest BCUT2D eigenvalue weighted by Gasteiger charge is -2.34. The molecule has 2 aliphatic rings. The van der Waals surface area contributed by atoms with Crippen LogP contribution in [0.1, 0.15) is 19.3 Å². The van der Waals surface area contributed by atoms with E-state index in [0.717, 1.165) is 25.0 Å². The van der Waals surface area contributed by atoms with Gasteiger partial charge in [0, 0.05) is 11.8 Å². The smallest absolute Gasteiger partial charge is 0.330 e. The molecule has 1 unspecified atom stereocenters. The van der Waals surface area contributed by atoms with E-state index in [2.05, 4.69) is 0 Å². The molecular formula is C9H13NO3S. The van der Waals surface area contributed by atoms with Crippen LogP contribution >= 0.6 is 11.8 Å². The van der Waals surface area contributed by atoms with E-state index in [4.69, 9.17) is 0 Å². The van der Waals surface area contributed by atoms with Crippen molar-refractivity contribution in [2.45, 2.75) is 30.8 Å². The molecule has 1 saturated heterocycles. The molecule has 14 heavy (non-hydrogen) atoms. The van der Waals surface area contributed by atoms with Crippen LogP contribution in [-0.4, -0.2) is 45.5 Å². The Hall–Kier alpha value is -0.710. The lowest BCUT2D eigenvalue weighted by atomic mass is 9.97. The molecular weight excluding hydrogens is 202 g/mol. The molecule has 0 aromatic heterocycles. The van der Waals surface area contributed by atoms with Gasteiger partial charge in [0.15, 0.2) is 0 Å². The van der Waals surface area contributed by atoms with Gasteiger partial charge in [-0.2, -0.15) is 11.8 Å². The van der Waals surface area contributed by atoms with E-state index >= 15 is 0 Å². The van der Waals surface area contributed by atoms with Gasteiger partial charge in [-0.15, -0.1) is 0 Å². The largest absolute Gasteiger partial charge is 0.479 e. The second-order valence-corrected chi connectivity index (χ2v) is 4.99. The predicted octanol–water partition coefficient (Wildman–Crippen LogP) is 0.567. The Morgan fingerprint density at radius 2 is 2.29 bits per heavy atom. The number of hydrogen-bond donors (Lipinski definition) is 1. The summed E-state index contributed by atoms with van der Waals surface area (Å²) in [6.07, 6.45) is 3.22. The van der Waals surface area contributed by atoms with Crippen LogP contribution in [-0.2, 0) is 9.59 Å². The lowest BCUT2D eigenvalue weighted by molar-refractivity contribution is -0.154. The highest BCUT2D eigenvalue weighted by molar-refractivity contribution is 7.99. The fraction of sp³-hybridized carbons (Fsp3) is 0.778. The number of nitrogens with zero attached hydrogens (tertiary/aromatic N) is 1. The molecule has 0 radical (unpaired) electrons. The molecule has 2 fully saturated rings. The summed E-state index contributed by atoms with van der Waals surface area (Å²) in [4.78, 5) is 23.7. The predicted molar refractivity (Wildman–Crippen MR) is 53.2 cm³/mol. The number of thioether (sulfide) groups is 1. The lowest BCUT2D eigenvalue weighted by Crippen LogP contribution is -2.55. The van der Waals surface area contributed by atoms with E-state index in [1.807, 2.05) is 0 Å². The first-order chi connectivity index (χ1) is 6.70. The van der Waals surface area contributed by atoms with Crippen molar-refractivity contribution in [2.75, 3.05) is 11.5 Å². The number of carboxylic acid groups (broad SMARTS) is 1. The summed E-state index contributed by atoms with van der Waals surface area (Å²) in [5.74, 6) is 0.530. The van der Waals surface area contributed by atoms with Crippen molar-refractivity contribution >= 4 is 24.1 Å². The molecule has 2 rings (SSSR count). The van der Waals surface area contributed by atoms with E-state index in [-0.39, 0.29) is 6.04 Å². The van der Waals surface area contributed by atoms with Gasteiger partial charge in [-0.05, 0) is 25.0 Å². The first-order valence-corrected chi connectivity index (χ1v) is 5.91. The molecule has 1 saturated carbocycles. The average Bonchev–Trinajstić information content (AvgIpc) is 2.84. The molecule has 78 valence electrons. The Bertz CT molecular complexity index is 259. The first-order valence-electron chi connectivity index (χ1n) is 4.75. The molecule has 1 aliphatic heterocycles. The van der Waals surface area contributed by atoms with Crippen molar-refractivity contribution in [3.63, 3.8) is 0 Å². The summed E-state index contributed by atoms with van der Waals surface area (Å²) in [7, 11) is 0. The molecule has 4 nitrogen and oxygen atoms in total. The molecule has 1 heterocycles. The van der Waals surface area contributed by atoms with Crippen LogP contribution in [0.15, 0.2) is 0 Å². The molecule has 1 amide bonds. The van der Waals surface area contributed by atoms with Gasteiger partial charge in [0.05, 0.1) is 0 Å². The number of aliphatic carboxylic acids is 1. The second-order valence-electron chi connectivity index (χ2n) is 3.88. The maximum absolute atomic E-state index is 11.2. The molecule has 0 spiro atoms. The minimum atomic E-state index is -0.909. The van der Waals surface area contributed by atoms with Crippen LogP contribution in [0.25, 0.3) is 0 Å². The molecule has 1 N–H and O–H groups in total. The maximum atomic E-state index is 11.2. The zero-order valence-electron chi connectivity index (χ0n) is 7.81. The third-order valence-corrected chi connectivity index (χ3v) is 4.12. The standard InChI is InChI=1S/C9H13NO3S/c11-6-10(7-1-2-7)9(8(12)13)3-4-14-5-9/h6-7H,1-5H2,(H,12,13). The van der Waals surface area contributed by atoms with Crippen LogP contribution in [0.2, 0.25) is 0 Å². The topological polar surface area (TPSA) is 57.6 Å². The summed E-state index contributed by atoms with van der Waals surface area (Å²) < 4.78 is 0. The fourth-order valence-corrected chi connectivity index (χ4v) is 3.31. The number of amides is 1. The van der Waals surface area contributed by atoms with Crippen molar-refractivity contribution in [1.29, 1.82) is 0 Å². The summed E-state index contributed by atoms with van der Waals surface area (Å²) in [5, 5.41) is 9.23. The van der Waals surface area contributed by atoms with Gasteiger partial charge in [-0.1, -0.05) is 0 Å². The van der Waals surface area contributed by atoms with Crippen LogP contribution in [0.5, 0.6) is 0 Å². The first kappa shape index (κ1) is 9.83. The molecule has 0 aromatic carbocycles. The summed E-state index contributed by atoms with van der Waals surface area (Å²) in [6.45, 7) is 0. The third-order valence-electron chi connectivity index (χ3n) is 2.95. The Kier molecular flexibility index (Phi) is 2.43. The van der Waals surface area contributed by atoms with E-state index in [9.17, 15) is 14.7 Å². The van der Waals surface area contributed by atoms with Gasteiger partial charge in [-0.3, -0.25) is 4.79 Å². The van der Waals surface area contributed by atoms with E-state index in [1.165, 1.54) is 4.90 Å². The van der Waals surface area contributed by atoms with E-state index in [1.54, 1.807) is 11.8 Å². The van der Waals surface area contributed by atoms with Crippen molar-refractivity contribution in [3.05, 3.63) is 0 Å². The van der Waals surface area contributed by atoms with Crippen molar-refractivity contribution in [3.8, 4) is 0 Å². The van der Waals surface area contributed by atoms with E-state index < -0.39 is 11.5 Å². The zero-order valence-corrected chi connectivity index (χ0v) is 8.63. The number of carbonyl (C=O) groups excluding carboxylic acids is 1. The van der Waals surface area contributed by atoms with Crippen LogP contribution < -0.4 is 0 Å². The second kappa shape index (κ2) is 3.46. The SMILES string of the molecule is O=CN(C1CC1)C1(C(=O)O)CCSC1. The number of carboxylic acids is 1. The summed E-state index contributed by atoms with van der Waals surface area (Å²) in [6, 6.07) is 0.183. The average molecular weight is 215 g/mol. The van der Waals surface area contributed by atoms with Gasteiger partial charge in [0.25, 0.3) is 0 Å². The number of carbonyl (C=O) groups is 2. The molecule has 0 aromatic rings. The number of hydrogen-bond acceptors (Lipinski definition) is 3. The quantitative estimate of drug-likeness (QED) is 0.696. The summed E-state index contributed by atoms with van der Waals surface area (Å²) >= 11 is 1.62. The van der Waals surface area contributed by atoms with E-state index in [0.29, 0.717) is 12.2 Å². The van der Waals surface area contributed by atoms with Gasteiger partial charge >= 0.3 is 5.97 Å². The fourth-order valence-electron chi connectivity index (χ4n) is 1.93. The third kappa shape index (κ3) is 1.39. The van der Waals surface area contributed by atoms with Crippen LogP contribution in [0, 0.1) is 0 Å². The Labute approximate surface area is 86.6 Å². The molecule has 5 heteroatoms. The molecule has 1 atom stereocenters. The normalized spacial score (nSPS) is 31.4. The highest BCUT2D eigenvalue weighted by Gasteiger charge is 2.51. The van der Waals surface area contributed by atoms with Crippen molar-refractivity contribution in [2.24, 2.45) is 0 Å². The minimum Gasteiger partial charge on any atom is -0.479 e.